The Kier molecular flexibility index (Phi) is 1.97. The summed E-state index contributed by atoms with van der Waals surface area (Å²) < 4.78 is 4.85. The number of nitrogen functional groups attached to an aromatic ring is 1. The maximum Gasteiger partial charge on any atom is 0.157 e. The first-order valence-electron chi connectivity index (χ1n) is 2.68. The first-order valence-corrected chi connectivity index (χ1v) is 3.06. The van der Waals surface area contributed by atoms with Crippen LogP contribution in [0.3, 0.4) is 0 Å². The van der Waals surface area contributed by atoms with E-state index in [1.165, 1.54) is 19.5 Å². The molecule has 4 heteroatoms. The lowest BCUT2D eigenvalue weighted by molar-refractivity contribution is 0.413. The normalized spacial score (nSPS) is 9.40. The van der Waals surface area contributed by atoms with Crippen LogP contribution in [0.4, 0.5) is 5.69 Å². The third-order valence-electron chi connectivity index (χ3n) is 1.10. The first kappa shape index (κ1) is 7.15. The Morgan fingerprint density at radius 2 is 2.30 bits per heavy atom. The van der Waals surface area contributed by atoms with Crippen molar-refractivity contribution in [3.63, 3.8) is 0 Å². The zero-order valence-corrected chi connectivity index (χ0v) is 6.22. The van der Waals surface area contributed by atoms with E-state index in [4.69, 9.17) is 22.1 Å². The number of nitrogens with two attached hydrogens (primary N) is 1. The molecule has 0 unspecified atom stereocenters. The molecule has 0 aliphatic rings. The van der Waals surface area contributed by atoms with Crippen molar-refractivity contribution in [2.45, 2.75) is 0 Å². The highest BCUT2D eigenvalue weighted by molar-refractivity contribution is 6.34. The second-order valence-corrected chi connectivity index (χ2v) is 2.12. The van der Waals surface area contributed by atoms with E-state index < -0.39 is 0 Å². The fourth-order valence-electron chi connectivity index (χ4n) is 0.583. The Balaban J connectivity index is 3.14. The topological polar surface area (TPSA) is 48.1 Å². The van der Waals surface area contributed by atoms with Crippen molar-refractivity contribution >= 4 is 17.3 Å². The summed E-state index contributed by atoms with van der Waals surface area (Å²) >= 11 is 5.70. The van der Waals surface area contributed by atoms with Gasteiger partial charge in [-0.05, 0) is 0 Å². The van der Waals surface area contributed by atoms with Crippen molar-refractivity contribution in [1.29, 1.82) is 0 Å². The summed E-state index contributed by atoms with van der Waals surface area (Å²) in [6.45, 7) is 0. The standard InChI is InChI=1S/C6H7ClN2O/c1-10-5-3-9-2-4(8)6(5)7/h2-3H,8H2,1H3. The van der Waals surface area contributed by atoms with Crippen LogP contribution >= 0.6 is 11.6 Å². The van der Waals surface area contributed by atoms with Gasteiger partial charge < -0.3 is 10.5 Å². The number of pyridine rings is 1. The molecule has 1 aromatic rings. The summed E-state index contributed by atoms with van der Waals surface area (Å²) in [5, 5.41) is 0.414. The van der Waals surface area contributed by atoms with Gasteiger partial charge in [-0.1, -0.05) is 11.6 Å². The number of methoxy groups -OCH3 is 1. The second-order valence-electron chi connectivity index (χ2n) is 1.74. The number of aromatic nitrogens is 1. The lowest BCUT2D eigenvalue weighted by atomic mass is 10.4. The summed E-state index contributed by atoms with van der Waals surface area (Å²) in [6.07, 6.45) is 2.99. The van der Waals surface area contributed by atoms with E-state index in [1.807, 2.05) is 0 Å². The zero-order valence-electron chi connectivity index (χ0n) is 5.47. The molecular formula is C6H7ClN2O. The SMILES string of the molecule is COc1cncc(N)c1Cl. The molecule has 2 N–H and O–H groups in total. The number of anilines is 1. The quantitative estimate of drug-likeness (QED) is 0.671. The highest BCUT2D eigenvalue weighted by Crippen LogP contribution is 2.27. The molecule has 0 amide bonds. The molecule has 1 heterocycles. The molecule has 1 rings (SSSR count). The predicted molar refractivity (Wildman–Crippen MR) is 40.2 cm³/mol. The maximum atomic E-state index is 5.70. The molecule has 0 fully saturated rings. The Hall–Kier alpha value is -0.960. The minimum atomic E-state index is 0.414. The molecular weight excluding hydrogens is 152 g/mol. The van der Waals surface area contributed by atoms with Crippen molar-refractivity contribution in [1.82, 2.24) is 4.98 Å². The van der Waals surface area contributed by atoms with Crippen LogP contribution in [0.1, 0.15) is 0 Å². The lowest BCUT2D eigenvalue weighted by Gasteiger charge is -2.02. The van der Waals surface area contributed by atoms with Gasteiger partial charge in [0.2, 0.25) is 0 Å². The van der Waals surface area contributed by atoms with Crippen molar-refractivity contribution in [2.24, 2.45) is 0 Å². The second kappa shape index (κ2) is 2.75. The smallest absolute Gasteiger partial charge is 0.157 e. The van der Waals surface area contributed by atoms with E-state index in [0.29, 0.717) is 16.5 Å². The molecule has 10 heavy (non-hydrogen) atoms. The van der Waals surface area contributed by atoms with E-state index in [-0.39, 0.29) is 0 Å². The number of halogens is 1. The number of hydrogen-bond donors (Lipinski definition) is 1. The van der Waals surface area contributed by atoms with Gasteiger partial charge in [-0.2, -0.15) is 0 Å². The third kappa shape index (κ3) is 1.14. The molecule has 0 atom stereocenters. The Bertz CT molecular complexity index is 239. The van der Waals surface area contributed by atoms with Crippen LogP contribution in [0, 0.1) is 0 Å². The Morgan fingerprint density at radius 1 is 1.60 bits per heavy atom. The summed E-state index contributed by atoms with van der Waals surface area (Å²) in [5.74, 6) is 0.502. The van der Waals surface area contributed by atoms with E-state index in [1.54, 1.807) is 0 Å². The van der Waals surface area contributed by atoms with Gasteiger partial charge in [-0.15, -0.1) is 0 Å². The molecule has 0 spiro atoms. The minimum absolute atomic E-state index is 0.414. The predicted octanol–water partition coefficient (Wildman–Crippen LogP) is 1.33. The molecule has 0 bridgehead atoms. The summed E-state index contributed by atoms with van der Waals surface area (Å²) in [7, 11) is 1.52. The van der Waals surface area contributed by atoms with Crippen molar-refractivity contribution < 1.29 is 4.74 Å². The van der Waals surface area contributed by atoms with Crippen LogP contribution in [0.25, 0.3) is 0 Å². The third-order valence-corrected chi connectivity index (χ3v) is 1.50. The van der Waals surface area contributed by atoms with Gasteiger partial charge in [0.25, 0.3) is 0 Å². The number of nitrogens with zero attached hydrogens (tertiary/aromatic N) is 1. The van der Waals surface area contributed by atoms with Gasteiger partial charge >= 0.3 is 0 Å². The lowest BCUT2D eigenvalue weighted by Crippen LogP contribution is -1.91. The highest BCUT2D eigenvalue weighted by Gasteiger charge is 2.01. The number of ether oxygens (including phenoxy) is 1. The van der Waals surface area contributed by atoms with Gasteiger partial charge in [0.05, 0.1) is 25.2 Å². The maximum absolute atomic E-state index is 5.70. The first-order chi connectivity index (χ1) is 4.75. The van der Waals surface area contributed by atoms with E-state index in [0.717, 1.165) is 0 Å². The monoisotopic (exact) mass is 158 g/mol. The van der Waals surface area contributed by atoms with Gasteiger partial charge in [0.15, 0.2) is 5.75 Å². The number of hydrogen-bond acceptors (Lipinski definition) is 3. The van der Waals surface area contributed by atoms with Crippen LogP contribution in [-0.2, 0) is 0 Å². The molecule has 1 aromatic heterocycles. The van der Waals surface area contributed by atoms with Crippen molar-refractivity contribution in [2.75, 3.05) is 12.8 Å². The summed E-state index contributed by atoms with van der Waals surface area (Å²) in [4.78, 5) is 3.78. The molecule has 0 radical (unpaired) electrons. The van der Waals surface area contributed by atoms with E-state index >= 15 is 0 Å². The average molecular weight is 159 g/mol. The molecule has 0 aromatic carbocycles. The van der Waals surface area contributed by atoms with E-state index in [9.17, 15) is 0 Å². The average Bonchev–Trinajstić information content (AvgIpc) is 1.95. The zero-order chi connectivity index (χ0) is 7.56. The van der Waals surface area contributed by atoms with Gasteiger partial charge in [-0.3, -0.25) is 4.98 Å². The molecule has 0 aliphatic heterocycles. The van der Waals surface area contributed by atoms with Gasteiger partial charge in [0.1, 0.15) is 5.02 Å². The van der Waals surface area contributed by atoms with Crippen molar-refractivity contribution in [3.05, 3.63) is 17.4 Å². The number of rotatable bonds is 1. The largest absolute Gasteiger partial charge is 0.493 e. The molecule has 0 saturated carbocycles. The van der Waals surface area contributed by atoms with E-state index in [2.05, 4.69) is 4.98 Å². The molecule has 54 valence electrons. The fraction of sp³-hybridized carbons (Fsp3) is 0.167. The fourth-order valence-corrected chi connectivity index (χ4v) is 0.758. The van der Waals surface area contributed by atoms with Gasteiger partial charge in [-0.25, -0.2) is 0 Å². The molecule has 3 nitrogen and oxygen atoms in total. The van der Waals surface area contributed by atoms with Crippen LogP contribution in [0.2, 0.25) is 5.02 Å². The van der Waals surface area contributed by atoms with Crippen molar-refractivity contribution in [3.8, 4) is 5.75 Å². The Labute approximate surface area is 63.8 Å². The summed E-state index contributed by atoms with van der Waals surface area (Å²) in [6, 6.07) is 0. The van der Waals surface area contributed by atoms with Crippen LogP contribution in [0.15, 0.2) is 12.4 Å². The minimum Gasteiger partial charge on any atom is -0.493 e. The summed E-state index contributed by atoms with van der Waals surface area (Å²) in [5.41, 5.74) is 5.85. The molecule has 0 saturated heterocycles. The molecule has 0 aliphatic carbocycles. The van der Waals surface area contributed by atoms with Crippen LogP contribution in [-0.4, -0.2) is 12.1 Å². The van der Waals surface area contributed by atoms with Gasteiger partial charge in [0, 0.05) is 0 Å². The highest BCUT2D eigenvalue weighted by atomic mass is 35.5. The Morgan fingerprint density at radius 3 is 2.80 bits per heavy atom. The van der Waals surface area contributed by atoms with Crippen LogP contribution in [0.5, 0.6) is 5.75 Å². The van der Waals surface area contributed by atoms with Crippen LogP contribution < -0.4 is 10.5 Å².